The van der Waals surface area contributed by atoms with Gasteiger partial charge in [0.05, 0.1) is 23.5 Å². The van der Waals surface area contributed by atoms with Crippen LogP contribution in [0.3, 0.4) is 0 Å². The van der Waals surface area contributed by atoms with Crippen molar-refractivity contribution in [3.8, 4) is 16.3 Å². The van der Waals surface area contributed by atoms with Gasteiger partial charge in [-0.1, -0.05) is 11.6 Å². The molecule has 5 nitrogen and oxygen atoms in total. The predicted octanol–water partition coefficient (Wildman–Crippen LogP) is 4.47. The standard InChI is InChI=1S/C16H13ClN2O3S2/c1-21-14-5-13(18)12(17)4-11(14)16(20)22-6-10-8-24-15(19-10)9-2-3-23-7-9/h2-5,7-8H,6,18H2,1H3. The van der Waals surface area contributed by atoms with Crippen molar-refractivity contribution in [2.75, 3.05) is 12.8 Å². The quantitative estimate of drug-likeness (QED) is 0.522. The summed E-state index contributed by atoms with van der Waals surface area (Å²) in [4.78, 5) is 16.7. The van der Waals surface area contributed by atoms with E-state index in [2.05, 4.69) is 4.98 Å². The molecule has 124 valence electrons. The summed E-state index contributed by atoms with van der Waals surface area (Å²) in [6, 6.07) is 4.94. The third kappa shape index (κ3) is 3.53. The van der Waals surface area contributed by atoms with E-state index in [-0.39, 0.29) is 17.2 Å². The molecular weight excluding hydrogens is 368 g/mol. The van der Waals surface area contributed by atoms with Crippen LogP contribution in [0.4, 0.5) is 5.69 Å². The molecular formula is C16H13ClN2O3S2. The minimum Gasteiger partial charge on any atom is -0.496 e. The van der Waals surface area contributed by atoms with Gasteiger partial charge >= 0.3 is 5.97 Å². The normalized spacial score (nSPS) is 10.6. The fourth-order valence-electron chi connectivity index (χ4n) is 2.01. The highest BCUT2D eigenvalue weighted by molar-refractivity contribution is 7.14. The molecule has 0 amide bonds. The van der Waals surface area contributed by atoms with Gasteiger partial charge < -0.3 is 15.2 Å². The molecule has 2 heterocycles. The van der Waals surface area contributed by atoms with Crippen molar-refractivity contribution in [2.24, 2.45) is 0 Å². The first-order valence-electron chi connectivity index (χ1n) is 6.85. The first-order valence-corrected chi connectivity index (χ1v) is 9.05. The number of nitrogens with two attached hydrogens (primary N) is 1. The molecule has 0 fully saturated rings. The Kier molecular flexibility index (Phi) is 5.03. The van der Waals surface area contributed by atoms with E-state index in [1.54, 1.807) is 11.3 Å². The number of rotatable bonds is 5. The number of halogens is 1. The largest absolute Gasteiger partial charge is 0.496 e. The van der Waals surface area contributed by atoms with Gasteiger partial charge in [-0.05, 0) is 17.5 Å². The van der Waals surface area contributed by atoms with Crippen LogP contribution in [-0.4, -0.2) is 18.1 Å². The van der Waals surface area contributed by atoms with Crippen LogP contribution in [-0.2, 0) is 11.3 Å². The zero-order valence-corrected chi connectivity index (χ0v) is 15.0. The van der Waals surface area contributed by atoms with Crippen molar-refractivity contribution in [1.82, 2.24) is 4.98 Å². The maximum absolute atomic E-state index is 12.3. The van der Waals surface area contributed by atoms with Crippen LogP contribution < -0.4 is 10.5 Å². The minimum absolute atomic E-state index is 0.0740. The predicted molar refractivity (Wildman–Crippen MR) is 97.0 cm³/mol. The van der Waals surface area contributed by atoms with E-state index < -0.39 is 5.97 Å². The van der Waals surface area contributed by atoms with Gasteiger partial charge in [-0.25, -0.2) is 9.78 Å². The summed E-state index contributed by atoms with van der Waals surface area (Å²) in [5.41, 5.74) is 8.03. The van der Waals surface area contributed by atoms with Crippen molar-refractivity contribution in [2.45, 2.75) is 6.61 Å². The molecule has 0 aliphatic carbocycles. The second-order valence-corrected chi connectivity index (χ2v) is 6.85. The second kappa shape index (κ2) is 7.21. The monoisotopic (exact) mass is 380 g/mol. The lowest BCUT2D eigenvalue weighted by Gasteiger charge is -2.10. The highest BCUT2D eigenvalue weighted by Gasteiger charge is 2.17. The molecule has 24 heavy (non-hydrogen) atoms. The average Bonchev–Trinajstić information content (AvgIpc) is 3.25. The number of benzene rings is 1. The van der Waals surface area contributed by atoms with E-state index in [0.717, 1.165) is 10.6 Å². The van der Waals surface area contributed by atoms with E-state index in [9.17, 15) is 4.79 Å². The van der Waals surface area contributed by atoms with E-state index in [1.165, 1.54) is 30.6 Å². The van der Waals surface area contributed by atoms with Crippen LogP contribution >= 0.6 is 34.3 Å². The Morgan fingerprint density at radius 1 is 1.38 bits per heavy atom. The summed E-state index contributed by atoms with van der Waals surface area (Å²) in [5.74, 6) is -0.224. The number of hydrogen-bond acceptors (Lipinski definition) is 7. The molecule has 3 aromatic rings. The number of thiazole rings is 1. The maximum atomic E-state index is 12.3. The molecule has 2 N–H and O–H groups in total. The summed E-state index contributed by atoms with van der Waals surface area (Å²) < 4.78 is 10.5. The van der Waals surface area contributed by atoms with Crippen molar-refractivity contribution in [1.29, 1.82) is 0 Å². The first-order chi connectivity index (χ1) is 11.6. The third-order valence-corrected chi connectivity index (χ3v) is 5.16. The number of carbonyl (C=O) groups is 1. The summed E-state index contributed by atoms with van der Waals surface area (Å²) in [5, 5.41) is 7.06. The molecule has 0 bridgehead atoms. The van der Waals surface area contributed by atoms with E-state index in [0.29, 0.717) is 17.1 Å². The van der Waals surface area contributed by atoms with Gasteiger partial charge in [-0.15, -0.1) is 11.3 Å². The van der Waals surface area contributed by atoms with Crippen molar-refractivity contribution >= 4 is 45.9 Å². The average molecular weight is 381 g/mol. The van der Waals surface area contributed by atoms with E-state index in [4.69, 9.17) is 26.8 Å². The Morgan fingerprint density at radius 2 is 2.21 bits per heavy atom. The van der Waals surface area contributed by atoms with E-state index >= 15 is 0 Å². The lowest BCUT2D eigenvalue weighted by molar-refractivity contribution is 0.0465. The van der Waals surface area contributed by atoms with Crippen molar-refractivity contribution in [3.05, 3.63) is 50.6 Å². The lowest BCUT2D eigenvalue weighted by atomic mass is 10.2. The molecule has 0 aliphatic heterocycles. The van der Waals surface area contributed by atoms with Crippen LogP contribution in [0.2, 0.25) is 5.02 Å². The van der Waals surface area contributed by atoms with Crippen LogP contribution in [0.15, 0.2) is 34.3 Å². The molecule has 0 saturated heterocycles. The smallest absolute Gasteiger partial charge is 0.342 e. The van der Waals surface area contributed by atoms with Gasteiger partial charge in [-0.2, -0.15) is 11.3 Å². The first kappa shape index (κ1) is 16.8. The molecule has 0 unspecified atom stereocenters. The highest BCUT2D eigenvalue weighted by atomic mass is 35.5. The zero-order valence-electron chi connectivity index (χ0n) is 12.6. The minimum atomic E-state index is -0.543. The van der Waals surface area contributed by atoms with Gasteiger partial charge in [0.1, 0.15) is 22.9 Å². The van der Waals surface area contributed by atoms with E-state index in [1.807, 2.05) is 22.2 Å². The summed E-state index contributed by atoms with van der Waals surface area (Å²) in [6.45, 7) is 0.0740. The molecule has 0 spiro atoms. The van der Waals surface area contributed by atoms with Gasteiger partial charge in [0, 0.05) is 22.4 Å². The van der Waals surface area contributed by atoms with Crippen LogP contribution in [0, 0.1) is 0 Å². The SMILES string of the molecule is COc1cc(N)c(Cl)cc1C(=O)OCc1csc(-c2ccsc2)n1. The number of esters is 1. The van der Waals surface area contributed by atoms with Crippen LogP contribution in [0.1, 0.15) is 16.1 Å². The number of nitrogen functional groups attached to an aromatic ring is 1. The highest BCUT2D eigenvalue weighted by Crippen LogP contribution is 2.30. The van der Waals surface area contributed by atoms with Crippen LogP contribution in [0.5, 0.6) is 5.75 Å². The van der Waals surface area contributed by atoms with Crippen LogP contribution in [0.25, 0.3) is 10.6 Å². The number of nitrogens with zero attached hydrogens (tertiary/aromatic N) is 1. The number of aromatic nitrogens is 1. The molecule has 3 rings (SSSR count). The number of carbonyl (C=O) groups excluding carboxylic acids is 1. The number of hydrogen-bond donors (Lipinski definition) is 1. The number of methoxy groups -OCH3 is 1. The van der Waals surface area contributed by atoms with Gasteiger partial charge in [-0.3, -0.25) is 0 Å². The van der Waals surface area contributed by atoms with Gasteiger partial charge in [0.15, 0.2) is 0 Å². The zero-order chi connectivity index (χ0) is 17.1. The topological polar surface area (TPSA) is 74.4 Å². The summed E-state index contributed by atoms with van der Waals surface area (Å²) >= 11 is 9.09. The van der Waals surface area contributed by atoms with Crippen molar-refractivity contribution in [3.63, 3.8) is 0 Å². The third-order valence-electron chi connectivity index (χ3n) is 3.21. The molecule has 0 saturated carbocycles. The molecule has 0 radical (unpaired) electrons. The number of ether oxygens (including phenoxy) is 2. The molecule has 8 heteroatoms. The molecule has 0 atom stereocenters. The fraction of sp³-hybridized carbons (Fsp3) is 0.125. The Morgan fingerprint density at radius 3 is 2.92 bits per heavy atom. The Bertz CT molecular complexity index is 862. The Labute approximate surface area is 151 Å². The van der Waals surface area contributed by atoms with Gasteiger partial charge in [0.25, 0.3) is 0 Å². The maximum Gasteiger partial charge on any atom is 0.342 e. The van der Waals surface area contributed by atoms with Crippen molar-refractivity contribution < 1.29 is 14.3 Å². The summed E-state index contributed by atoms with van der Waals surface area (Å²) in [7, 11) is 1.45. The molecule has 2 aromatic heterocycles. The number of thiophene rings is 1. The number of anilines is 1. The molecule has 0 aliphatic rings. The molecule has 1 aromatic carbocycles. The second-order valence-electron chi connectivity index (χ2n) is 4.81. The Balaban J connectivity index is 1.71. The Hall–Kier alpha value is -2.09. The fourth-order valence-corrected chi connectivity index (χ4v) is 3.69. The lowest BCUT2D eigenvalue weighted by Crippen LogP contribution is -2.08. The van der Waals surface area contributed by atoms with Gasteiger partial charge in [0.2, 0.25) is 0 Å². The summed E-state index contributed by atoms with van der Waals surface area (Å²) in [6.07, 6.45) is 0.